The molecule has 0 unspecified atom stereocenters. The molecule has 0 saturated carbocycles. The molecule has 1 amide bonds. The Morgan fingerprint density at radius 2 is 1.96 bits per heavy atom. The third-order valence-electron chi connectivity index (χ3n) is 4.51. The minimum atomic E-state index is -0.284. The second-order valence-electron chi connectivity index (χ2n) is 6.09. The molecule has 25 heavy (non-hydrogen) atoms. The van der Waals surface area contributed by atoms with E-state index in [4.69, 9.17) is 4.42 Å². The number of aromatic nitrogens is 3. The average Bonchev–Trinajstić information content (AvgIpc) is 3.34. The van der Waals surface area contributed by atoms with Crippen molar-refractivity contribution in [3.8, 4) is 11.4 Å². The summed E-state index contributed by atoms with van der Waals surface area (Å²) in [6.45, 7) is 1.30. The van der Waals surface area contributed by atoms with Crippen LogP contribution in [0.5, 0.6) is 0 Å². The van der Waals surface area contributed by atoms with Gasteiger partial charge in [0, 0.05) is 24.6 Å². The lowest BCUT2D eigenvalue weighted by atomic mass is 9.96. The lowest BCUT2D eigenvalue weighted by Crippen LogP contribution is -2.37. The van der Waals surface area contributed by atoms with Gasteiger partial charge in [0.1, 0.15) is 11.6 Å². The fourth-order valence-electron chi connectivity index (χ4n) is 3.10. The van der Waals surface area contributed by atoms with Crippen molar-refractivity contribution in [2.45, 2.75) is 18.8 Å². The molecule has 1 aliphatic rings. The molecule has 1 saturated heterocycles. The van der Waals surface area contributed by atoms with E-state index in [1.807, 2.05) is 0 Å². The Kier molecular flexibility index (Phi) is 4.05. The largest absolute Gasteiger partial charge is 0.459 e. The average molecular weight is 340 g/mol. The van der Waals surface area contributed by atoms with Crippen LogP contribution in [0, 0.1) is 5.82 Å². The number of carbonyl (C=O) groups excluding carboxylic acids is 1. The van der Waals surface area contributed by atoms with E-state index in [9.17, 15) is 9.18 Å². The highest BCUT2D eigenvalue weighted by Crippen LogP contribution is 2.27. The van der Waals surface area contributed by atoms with Crippen LogP contribution >= 0.6 is 0 Å². The molecule has 0 radical (unpaired) electrons. The maximum atomic E-state index is 13.0. The van der Waals surface area contributed by atoms with Crippen LogP contribution in [0.3, 0.4) is 0 Å². The van der Waals surface area contributed by atoms with E-state index in [1.165, 1.54) is 18.4 Å². The number of hydrogen-bond acceptors (Lipinski definition) is 4. The molecule has 1 fully saturated rings. The van der Waals surface area contributed by atoms with Gasteiger partial charge in [-0.2, -0.15) is 5.10 Å². The van der Waals surface area contributed by atoms with Crippen molar-refractivity contribution >= 4 is 5.91 Å². The predicted octanol–water partition coefficient (Wildman–Crippen LogP) is 3.22. The number of benzene rings is 1. The number of hydrogen-bond donors (Lipinski definition) is 1. The number of carbonyl (C=O) groups is 1. The zero-order valence-electron chi connectivity index (χ0n) is 13.5. The fourth-order valence-corrected chi connectivity index (χ4v) is 3.10. The first-order valence-corrected chi connectivity index (χ1v) is 8.22. The van der Waals surface area contributed by atoms with Crippen molar-refractivity contribution in [1.82, 2.24) is 20.1 Å². The number of likely N-dealkylation sites (tertiary alicyclic amines) is 1. The molecule has 0 spiro atoms. The molecule has 6 nitrogen and oxygen atoms in total. The molecule has 1 aliphatic heterocycles. The summed E-state index contributed by atoms with van der Waals surface area (Å²) in [4.78, 5) is 18.6. The number of amides is 1. The Bertz CT molecular complexity index is 850. The topological polar surface area (TPSA) is 75.0 Å². The minimum Gasteiger partial charge on any atom is -0.459 e. The standard InChI is InChI=1S/C18H17FN4O2/c19-14-5-3-12(4-6-14)16-20-17(22-21-16)13-7-9-23(10-8-13)18(24)15-2-1-11-25-15/h1-6,11,13H,7-10H2,(H,20,21,22). The van der Waals surface area contributed by atoms with Crippen molar-refractivity contribution in [3.63, 3.8) is 0 Å². The van der Waals surface area contributed by atoms with Gasteiger partial charge in [-0.25, -0.2) is 9.37 Å². The first kappa shape index (κ1) is 15.6. The summed E-state index contributed by atoms with van der Waals surface area (Å²) >= 11 is 0. The summed E-state index contributed by atoms with van der Waals surface area (Å²) in [5.74, 6) is 1.61. The van der Waals surface area contributed by atoms with Gasteiger partial charge >= 0.3 is 0 Å². The number of piperidine rings is 1. The molecule has 128 valence electrons. The van der Waals surface area contributed by atoms with Gasteiger partial charge in [-0.3, -0.25) is 9.89 Å². The first-order valence-electron chi connectivity index (χ1n) is 8.22. The van der Waals surface area contributed by atoms with Crippen LogP contribution in [0.25, 0.3) is 11.4 Å². The van der Waals surface area contributed by atoms with Gasteiger partial charge in [-0.05, 0) is 49.2 Å². The maximum Gasteiger partial charge on any atom is 0.289 e. The smallest absolute Gasteiger partial charge is 0.289 e. The summed E-state index contributed by atoms with van der Waals surface area (Å²) in [7, 11) is 0. The summed E-state index contributed by atoms with van der Waals surface area (Å²) in [5.41, 5.74) is 0.773. The van der Waals surface area contributed by atoms with Crippen LogP contribution in [0.1, 0.15) is 35.1 Å². The van der Waals surface area contributed by atoms with Crippen molar-refractivity contribution in [3.05, 3.63) is 60.1 Å². The minimum absolute atomic E-state index is 0.0759. The van der Waals surface area contributed by atoms with E-state index < -0.39 is 0 Å². The lowest BCUT2D eigenvalue weighted by Gasteiger charge is -2.30. The number of furan rings is 1. The molecular formula is C18H17FN4O2. The number of rotatable bonds is 3. The van der Waals surface area contributed by atoms with Crippen LogP contribution in [-0.4, -0.2) is 39.1 Å². The van der Waals surface area contributed by atoms with E-state index >= 15 is 0 Å². The molecule has 1 aromatic carbocycles. The summed E-state index contributed by atoms with van der Waals surface area (Å²) in [6.07, 6.45) is 3.13. The number of nitrogens with zero attached hydrogens (tertiary/aromatic N) is 3. The number of aromatic amines is 1. The lowest BCUT2D eigenvalue weighted by molar-refractivity contribution is 0.0679. The molecule has 0 atom stereocenters. The Labute approximate surface area is 143 Å². The molecule has 3 heterocycles. The van der Waals surface area contributed by atoms with Crippen molar-refractivity contribution in [2.75, 3.05) is 13.1 Å². The van der Waals surface area contributed by atoms with Crippen LogP contribution in [0.4, 0.5) is 4.39 Å². The van der Waals surface area contributed by atoms with Crippen LogP contribution in [0.2, 0.25) is 0 Å². The number of H-pyrrole nitrogens is 1. The SMILES string of the molecule is O=C(c1ccco1)N1CCC(c2nc(-c3ccc(F)cc3)n[nH]2)CC1. The van der Waals surface area contributed by atoms with Gasteiger partial charge in [-0.15, -0.1) is 0 Å². The van der Waals surface area contributed by atoms with Crippen molar-refractivity contribution in [2.24, 2.45) is 0 Å². The van der Waals surface area contributed by atoms with E-state index in [0.29, 0.717) is 24.7 Å². The van der Waals surface area contributed by atoms with Gasteiger partial charge in [0.05, 0.1) is 6.26 Å². The van der Waals surface area contributed by atoms with Gasteiger partial charge in [0.15, 0.2) is 11.6 Å². The van der Waals surface area contributed by atoms with Gasteiger partial charge in [-0.1, -0.05) is 0 Å². The molecule has 3 aromatic rings. The van der Waals surface area contributed by atoms with E-state index in [1.54, 1.807) is 29.2 Å². The fraction of sp³-hybridized carbons (Fsp3) is 0.278. The van der Waals surface area contributed by atoms with Gasteiger partial charge < -0.3 is 9.32 Å². The molecular weight excluding hydrogens is 323 g/mol. The van der Waals surface area contributed by atoms with Gasteiger partial charge in [0.2, 0.25) is 0 Å². The molecule has 0 bridgehead atoms. The summed E-state index contributed by atoms with van der Waals surface area (Å²) in [6, 6.07) is 9.50. The molecule has 1 N–H and O–H groups in total. The quantitative estimate of drug-likeness (QED) is 0.794. The second-order valence-corrected chi connectivity index (χ2v) is 6.09. The highest BCUT2D eigenvalue weighted by Gasteiger charge is 2.27. The number of halogens is 1. The molecule has 2 aromatic heterocycles. The van der Waals surface area contributed by atoms with Crippen LogP contribution < -0.4 is 0 Å². The third kappa shape index (κ3) is 3.17. The zero-order valence-corrected chi connectivity index (χ0v) is 13.5. The second kappa shape index (κ2) is 6.51. The Morgan fingerprint density at radius 1 is 1.20 bits per heavy atom. The monoisotopic (exact) mass is 340 g/mol. The molecule has 4 rings (SSSR count). The van der Waals surface area contributed by atoms with Crippen LogP contribution in [0.15, 0.2) is 47.1 Å². The Balaban J connectivity index is 1.41. The highest BCUT2D eigenvalue weighted by molar-refractivity contribution is 5.91. The van der Waals surface area contributed by atoms with E-state index in [0.717, 1.165) is 24.2 Å². The van der Waals surface area contributed by atoms with Crippen LogP contribution in [-0.2, 0) is 0 Å². The van der Waals surface area contributed by atoms with Crippen molar-refractivity contribution in [1.29, 1.82) is 0 Å². The first-order chi connectivity index (χ1) is 12.2. The Hall–Kier alpha value is -2.96. The van der Waals surface area contributed by atoms with Crippen molar-refractivity contribution < 1.29 is 13.6 Å². The molecule has 0 aliphatic carbocycles. The normalized spacial score (nSPS) is 15.5. The zero-order chi connectivity index (χ0) is 17.2. The van der Waals surface area contributed by atoms with E-state index in [-0.39, 0.29) is 17.6 Å². The van der Waals surface area contributed by atoms with Gasteiger partial charge in [0.25, 0.3) is 5.91 Å². The molecule has 7 heteroatoms. The van der Waals surface area contributed by atoms with E-state index in [2.05, 4.69) is 15.2 Å². The maximum absolute atomic E-state index is 13.0. The highest BCUT2D eigenvalue weighted by atomic mass is 19.1. The predicted molar refractivity (Wildman–Crippen MR) is 88.4 cm³/mol. The summed E-state index contributed by atoms with van der Waals surface area (Å²) in [5, 5.41) is 7.22. The Morgan fingerprint density at radius 3 is 2.64 bits per heavy atom. The third-order valence-corrected chi connectivity index (χ3v) is 4.51. The number of nitrogens with one attached hydrogen (secondary N) is 1. The summed E-state index contributed by atoms with van der Waals surface area (Å²) < 4.78 is 18.2.